The van der Waals surface area contributed by atoms with Gasteiger partial charge in [-0.1, -0.05) is 29.4 Å². The molecule has 1 N–H and O–H groups in total. The maximum absolute atomic E-state index is 13.9. The predicted octanol–water partition coefficient (Wildman–Crippen LogP) is 4.19. The number of thioether (sulfide) groups is 1. The van der Waals surface area contributed by atoms with Crippen molar-refractivity contribution in [3.8, 4) is 5.69 Å². The first kappa shape index (κ1) is 19.3. The summed E-state index contributed by atoms with van der Waals surface area (Å²) >= 11 is 6.91. The summed E-state index contributed by atoms with van der Waals surface area (Å²) < 4.78 is 15.5. The second-order valence-electron chi connectivity index (χ2n) is 6.09. The molecule has 27 heavy (non-hydrogen) atoms. The topological polar surface area (TPSA) is 72.7 Å². The van der Waals surface area contributed by atoms with E-state index in [-0.39, 0.29) is 16.6 Å². The van der Waals surface area contributed by atoms with Crippen molar-refractivity contribution in [3.05, 3.63) is 58.4 Å². The van der Waals surface area contributed by atoms with E-state index in [9.17, 15) is 9.18 Å². The van der Waals surface area contributed by atoms with Crippen LogP contribution in [0.4, 0.5) is 10.1 Å². The number of anilines is 1. The summed E-state index contributed by atoms with van der Waals surface area (Å²) in [5.41, 5.74) is 3.06. The lowest BCUT2D eigenvalue weighted by Gasteiger charge is -2.12. The normalized spacial score (nSPS) is 12.0. The number of halogens is 2. The van der Waals surface area contributed by atoms with Crippen molar-refractivity contribution >= 4 is 35.0 Å². The summed E-state index contributed by atoms with van der Waals surface area (Å²) in [4.78, 5) is 12.4. The number of aromatic nitrogens is 4. The molecule has 140 valence electrons. The summed E-state index contributed by atoms with van der Waals surface area (Å²) in [6.45, 7) is 5.68. The summed E-state index contributed by atoms with van der Waals surface area (Å²) in [6, 6.07) is 10.1. The molecule has 0 aliphatic rings. The Morgan fingerprint density at radius 1 is 1.22 bits per heavy atom. The number of tetrazole rings is 1. The van der Waals surface area contributed by atoms with E-state index in [0.717, 1.165) is 22.9 Å². The van der Waals surface area contributed by atoms with Gasteiger partial charge in [-0.2, -0.15) is 4.68 Å². The lowest BCUT2D eigenvalue weighted by atomic mass is 10.1. The van der Waals surface area contributed by atoms with Crippen LogP contribution in [0, 0.1) is 19.7 Å². The van der Waals surface area contributed by atoms with E-state index in [1.807, 2.05) is 26.0 Å². The second kappa shape index (κ2) is 8.06. The van der Waals surface area contributed by atoms with Crippen LogP contribution in [-0.4, -0.2) is 31.4 Å². The van der Waals surface area contributed by atoms with E-state index in [1.54, 1.807) is 11.6 Å². The first-order valence-electron chi connectivity index (χ1n) is 8.13. The number of nitrogens with zero attached hydrogens (tertiary/aromatic N) is 4. The molecular formula is C18H17ClFN5OS. The number of nitrogens with one attached hydrogen (secondary N) is 1. The molecule has 0 bridgehead atoms. The van der Waals surface area contributed by atoms with Crippen molar-refractivity contribution < 1.29 is 9.18 Å². The van der Waals surface area contributed by atoms with Crippen LogP contribution in [0.3, 0.4) is 0 Å². The molecule has 0 aliphatic carbocycles. The highest BCUT2D eigenvalue weighted by atomic mass is 35.5. The Morgan fingerprint density at radius 2 is 1.93 bits per heavy atom. The third kappa shape index (κ3) is 4.64. The highest BCUT2D eigenvalue weighted by molar-refractivity contribution is 8.00. The zero-order valence-corrected chi connectivity index (χ0v) is 16.5. The number of aryl methyl sites for hydroxylation is 2. The molecule has 3 rings (SSSR count). The van der Waals surface area contributed by atoms with Gasteiger partial charge in [-0.3, -0.25) is 4.79 Å². The zero-order chi connectivity index (χ0) is 19.6. The number of carbonyl (C=O) groups excluding carboxylic acids is 1. The molecule has 0 saturated carbocycles. The molecule has 6 nitrogen and oxygen atoms in total. The molecule has 1 amide bonds. The van der Waals surface area contributed by atoms with Gasteiger partial charge in [-0.05, 0) is 72.7 Å². The van der Waals surface area contributed by atoms with Crippen LogP contribution >= 0.6 is 23.4 Å². The Labute approximate surface area is 165 Å². The Kier molecular flexibility index (Phi) is 5.76. The Bertz CT molecular complexity index is 973. The van der Waals surface area contributed by atoms with E-state index in [1.165, 1.54) is 23.9 Å². The van der Waals surface area contributed by atoms with Gasteiger partial charge >= 0.3 is 0 Å². The summed E-state index contributed by atoms with van der Waals surface area (Å²) in [5, 5.41) is 14.5. The zero-order valence-electron chi connectivity index (χ0n) is 14.9. The minimum absolute atomic E-state index is 0.0748. The number of benzene rings is 2. The van der Waals surface area contributed by atoms with Gasteiger partial charge < -0.3 is 5.32 Å². The lowest BCUT2D eigenvalue weighted by molar-refractivity contribution is -0.115. The van der Waals surface area contributed by atoms with Crippen LogP contribution in [0.25, 0.3) is 5.69 Å². The van der Waals surface area contributed by atoms with Crippen molar-refractivity contribution in [1.29, 1.82) is 0 Å². The quantitative estimate of drug-likeness (QED) is 0.644. The molecule has 2 aromatic carbocycles. The van der Waals surface area contributed by atoms with Gasteiger partial charge in [0.1, 0.15) is 5.82 Å². The van der Waals surface area contributed by atoms with Gasteiger partial charge in [-0.25, -0.2) is 4.39 Å². The van der Waals surface area contributed by atoms with E-state index in [4.69, 9.17) is 11.6 Å². The van der Waals surface area contributed by atoms with Crippen molar-refractivity contribution in [3.63, 3.8) is 0 Å². The fraction of sp³-hybridized carbons (Fsp3) is 0.222. The van der Waals surface area contributed by atoms with Crippen molar-refractivity contribution in [2.75, 3.05) is 5.32 Å². The molecular weight excluding hydrogens is 389 g/mol. The van der Waals surface area contributed by atoms with Gasteiger partial charge in [0.05, 0.1) is 16.6 Å². The van der Waals surface area contributed by atoms with Crippen molar-refractivity contribution in [1.82, 2.24) is 20.2 Å². The van der Waals surface area contributed by atoms with Crippen molar-refractivity contribution in [2.24, 2.45) is 0 Å². The van der Waals surface area contributed by atoms with Gasteiger partial charge in [-0.15, -0.1) is 5.10 Å². The highest BCUT2D eigenvalue weighted by Gasteiger charge is 2.20. The molecule has 0 fully saturated rings. The molecule has 0 saturated heterocycles. The fourth-order valence-corrected chi connectivity index (χ4v) is 3.49. The van der Waals surface area contributed by atoms with E-state index < -0.39 is 11.1 Å². The van der Waals surface area contributed by atoms with Crippen LogP contribution in [0.15, 0.2) is 41.6 Å². The predicted molar refractivity (Wildman–Crippen MR) is 104 cm³/mol. The first-order valence-corrected chi connectivity index (χ1v) is 9.39. The van der Waals surface area contributed by atoms with E-state index in [2.05, 4.69) is 26.9 Å². The van der Waals surface area contributed by atoms with E-state index in [0.29, 0.717) is 5.16 Å². The smallest absolute Gasteiger partial charge is 0.237 e. The fourth-order valence-electron chi connectivity index (χ4n) is 2.52. The average molecular weight is 406 g/mol. The molecule has 0 aliphatic heterocycles. The monoisotopic (exact) mass is 405 g/mol. The molecule has 1 atom stereocenters. The van der Waals surface area contributed by atoms with Crippen LogP contribution in [0.1, 0.15) is 18.1 Å². The Hall–Kier alpha value is -2.45. The number of hydrogen-bond acceptors (Lipinski definition) is 5. The lowest BCUT2D eigenvalue weighted by Crippen LogP contribution is -2.23. The molecule has 1 aromatic heterocycles. The van der Waals surface area contributed by atoms with Crippen LogP contribution < -0.4 is 5.32 Å². The third-order valence-electron chi connectivity index (χ3n) is 3.73. The summed E-state index contributed by atoms with van der Waals surface area (Å²) in [7, 11) is 0. The van der Waals surface area contributed by atoms with Crippen LogP contribution in [0.5, 0.6) is 0 Å². The molecule has 1 heterocycles. The molecule has 3 aromatic rings. The number of rotatable bonds is 5. The first-order chi connectivity index (χ1) is 12.8. The molecule has 9 heteroatoms. The SMILES string of the molecule is Cc1cc(C)cc(-n2nnnc2S[C@@H](C)C(=O)Nc2ccc(Cl)cc2F)c1. The number of carbonyl (C=O) groups is 1. The Balaban J connectivity index is 1.75. The minimum Gasteiger partial charge on any atom is -0.323 e. The Morgan fingerprint density at radius 3 is 2.59 bits per heavy atom. The molecule has 0 radical (unpaired) electrons. The standard InChI is InChI=1S/C18H17ClFN5OS/c1-10-6-11(2)8-14(7-10)25-18(22-23-24-25)27-12(3)17(26)21-16-5-4-13(19)9-15(16)20/h4-9,12H,1-3H3,(H,21,26)/t12-/m0/s1. The minimum atomic E-state index is -0.590. The van der Waals surface area contributed by atoms with Gasteiger partial charge in [0.15, 0.2) is 0 Å². The maximum Gasteiger partial charge on any atom is 0.237 e. The summed E-state index contributed by atoms with van der Waals surface area (Å²) in [5.74, 6) is -0.954. The largest absolute Gasteiger partial charge is 0.323 e. The second-order valence-corrected chi connectivity index (χ2v) is 7.84. The number of hydrogen-bond donors (Lipinski definition) is 1. The highest BCUT2D eigenvalue weighted by Crippen LogP contribution is 2.26. The van der Waals surface area contributed by atoms with Crippen LogP contribution in [0.2, 0.25) is 5.02 Å². The van der Waals surface area contributed by atoms with Crippen LogP contribution in [-0.2, 0) is 4.79 Å². The van der Waals surface area contributed by atoms with Crippen molar-refractivity contribution in [2.45, 2.75) is 31.2 Å². The maximum atomic E-state index is 13.9. The third-order valence-corrected chi connectivity index (χ3v) is 5.00. The van der Waals surface area contributed by atoms with E-state index >= 15 is 0 Å². The van der Waals surface area contributed by atoms with Gasteiger partial charge in [0, 0.05) is 5.02 Å². The average Bonchev–Trinajstić information content (AvgIpc) is 3.04. The molecule has 0 unspecified atom stereocenters. The summed E-state index contributed by atoms with van der Waals surface area (Å²) in [6.07, 6.45) is 0. The van der Waals surface area contributed by atoms with Gasteiger partial charge in [0.2, 0.25) is 11.1 Å². The molecule has 0 spiro atoms. The number of amides is 1. The van der Waals surface area contributed by atoms with Gasteiger partial charge in [0.25, 0.3) is 0 Å².